The van der Waals surface area contributed by atoms with Crippen LogP contribution in [0.15, 0.2) is 58.4 Å². The maximum Gasteiger partial charge on any atom is 0.231 e. The molecule has 0 bridgehead atoms. The molecule has 1 amide bonds. The van der Waals surface area contributed by atoms with E-state index in [0.29, 0.717) is 0 Å². The number of rotatable bonds is 3. The molecule has 2 N–H and O–H groups in total. The van der Waals surface area contributed by atoms with Crippen molar-refractivity contribution in [3.05, 3.63) is 54.1 Å². The number of nitrogens with zero attached hydrogens (tertiary/aromatic N) is 2. The molecule has 1 unspecified atom stereocenters. The number of aliphatic imine (C=N–C) groups is 1. The molecule has 0 aliphatic carbocycles. The summed E-state index contributed by atoms with van der Waals surface area (Å²) in [6.07, 6.45) is 1.42. The number of carbonyl (C=O) groups excluding carboxylic acids is 1. The first-order valence-electron chi connectivity index (χ1n) is 8.13. The predicted molar refractivity (Wildman–Crippen MR) is 101 cm³/mol. The highest BCUT2D eigenvalue weighted by atomic mass is 32.2. The van der Waals surface area contributed by atoms with Crippen molar-refractivity contribution in [2.45, 2.75) is 23.8 Å². The molecular formula is C19H21N3O3S. The van der Waals surface area contributed by atoms with Crippen molar-refractivity contribution in [2.75, 3.05) is 13.3 Å². The van der Waals surface area contributed by atoms with Crippen molar-refractivity contribution in [3.63, 3.8) is 0 Å². The zero-order valence-corrected chi connectivity index (χ0v) is 15.7. The van der Waals surface area contributed by atoms with E-state index in [9.17, 15) is 13.2 Å². The van der Waals surface area contributed by atoms with Crippen LogP contribution < -0.4 is 5.73 Å². The summed E-state index contributed by atoms with van der Waals surface area (Å²) in [7, 11) is -1.62. The molecule has 6 nitrogen and oxygen atoms in total. The molecule has 136 valence electrons. The molecule has 0 saturated heterocycles. The summed E-state index contributed by atoms with van der Waals surface area (Å²) in [6.45, 7) is 1.89. The fraction of sp³-hybridized carbons (Fsp3) is 0.263. The second-order valence-electron chi connectivity index (χ2n) is 6.75. The third-order valence-corrected chi connectivity index (χ3v) is 5.80. The number of guanidine groups is 1. The Labute approximate surface area is 153 Å². The molecule has 0 fully saturated rings. The maximum absolute atomic E-state index is 12.2. The van der Waals surface area contributed by atoms with Crippen LogP contribution in [0.5, 0.6) is 0 Å². The average molecular weight is 371 g/mol. The van der Waals surface area contributed by atoms with E-state index in [0.717, 1.165) is 16.7 Å². The minimum atomic E-state index is -3.23. The van der Waals surface area contributed by atoms with E-state index in [1.165, 1.54) is 11.2 Å². The number of nitrogens with two attached hydrogens (primary N) is 1. The van der Waals surface area contributed by atoms with Crippen molar-refractivity contribution >= 4 is 21.7 Å². The van der Waals surface area contributed by atoms with Crippen molar-refractivity contribution in [3.8, 4) is 11.1 Å². The van der Waals surface area contributed by atoms with Crippen LogP contribution in [0, 0.1) is 0 Å². The quantitative estimate of drug-likeness (QED) is 0.895. The van der Waals surface area contributed by atoms with Gasteiger partial charge in [0, 0.05) is 13.3 Å². The lowest BCUT2D eigenvalue weighted by Crippen LogP contribution is -2.47. The van der Waals surface area contributed by atoms with E-state index in [-0.39, 0.29) is 23.2 Å². The van der Waals surface area contributed by atoms with Crippen LogP contribution in [-0.2, 0) is 20.2 Å². The molecule has 2 aromatic rings. The van der Waals surface area contributed by atoms with Crippen LogP contribution in [0.4, 0.5) is 0 Å². The van der Waals surface area contributed by atoms with Gasteiger partial charge in [-0.15, -0.1) is 0 Å². The summed E-state index contributed by atoms with van der Waals surface area (Å²) < 4.78 is 23.2. The zero-order valence-electron chi connectivity index (χ0n) is 14.9. The first kappa shape index (κ1) is 18.1. The SMILES string of the molecule is CN1C(=O)CC(C)(c2cccc(-c3ccc(S(C)(=O)=O)cc3)c2)N=C1N. The summed E-state index contributed by atoms with van der Waals surface area (Å²) in [5.41, 5.74) is 7.85. The molecule has 1 aliphatic heterocycles. The fourth-order valence-corrected chi connectivity index (χ4v) is 3.63. The van der Waals surface area contributed by atoms with Gasteiger partial charge in [-0.3, -0.25) is 9.69 Å². The van der Waals surface area contributed by atoms with Gasteiger partial charge >= 0.3 is 0 Å². The number of carbonyl (C=O) groups is 1. The van der Waals surface area contributed by atoms with Gasteiger partial charge in [0.15, 0.2) is 15.8 Å². The number of benzene rings is 2. The monoisotopic (exact) mass is 371 g/mol. The van der Waals surface area contributed by atoms with E-state index < -0.39 is 15.4 Å². The van der Waals surface area contributed by atoms with Crippen molar-refractivity contribution in [1.29, 1.82) is 0 Å². The summed E-state index contributed by atoms with van der Waals surface area (Å²) >= 11 is 0. The third-order valence-electron chi connectivity index (χ3n) is 4.67. The summed E-state index contributed by atoms with van der Waals surface area (Å²) in [4.78, 5) is 18.3. The van der Waals surface area contributed by atoms with Gasteiger partial charge in [0.2, 0.25) is 5.91 Å². The zero-order chi connectivity index (χ0) is 19.1. The maximum atomic E-state index is 12.2. The van der Waals surface area contributed by atoms with Gasteiger partial charge in [0.05, 0.1) is 16.9 Å². The molecule has 1 atom stereocenters. The van der Waals surface area contributed by atoms with Crippen molar-refractivity contribution in [1.82, 2.24) is 4.90 Å². The molecule has 0 saturated carbocycles. The van der Waals surface area contributed by atoms with Crippen LogP contribution in [0.3, 0.4) is 0 Å². The molecule has 0 radical (unpaired) electrons. The Hall–Kier alpha value is -2.67. The summed E-state index contributed by atoms with van der Waals surface area (Å²) in [6, 6.07) is 14.4. The fourth-order valence-electron chi connectivity index (χ4n) is 3.00. The second kappa shape index (κ2) is 6.25. The van der Waals surface area contributed by atoms with Gasteiger partial charge in [0.1, 0.15) is 0 Å². The Morgan fingerprint density at radius 1 is 1.12 bits per heavy atom. The molecule has 1 heterocycles. The van der Waals surface area contributed by atoms with E-state index in [1.807, 2.05) is 31.2 Å². The lowest BCUT2D eigenvalue weighted by Gasteiger charge is -2.33. The molecular weight excluding hydrogens is 350 g/mol. The lowest BCUT2D eigenvalue weighted by molar-refractivity contribution is -0.128. The third kappa shape index (κ3) is 3.35. The van der Waals surface area contributed by atoms with Crippen LogP contribution in [-0.4, -0.2) is 38.5 Å². The molecule has 7 heteroatoms. The van der Waals surface area contributed by atoms with E-state index in [1.54, 1.807) is 31.3 Å². The molecule has 1 aliphatic rings. The van der Waals surface area contributed by atoms with Gasteiger partial charge in [0.25, 0.3) is 0 Å². The summed E-state index contributed by atoms with van der Waals surface area (Å²) in [5.74, 6) is 0.120. The lowest BCUT2D eigenvalue weighted by atomic mass is 9.86. The van der Waals surface area contributed by atoms with Gasteiger partial charge in [-0.2, -0.15) is 0 Å². The standard InChI is InChI=1S/C19H21N3O3S/c1-19(12-17(23)22(2)18(20)21-19)15-6-4-5-14(11-15)13-7-9-16(10-8-13)26(3,24)25/h4-11H,12H2,1-3H3,(H2,20,21). The number of hydrogen-bond donors (Lipinski definition) is 1. The van der Waals surface area contributed by atoms with Crippen LogP contribution in [0.2, 0.25) is 0 Å². The van der Waals surface area contributed by atoms with Gasteiger partial charge < -0.3 is 5.73 Å². The molecule has 26 heavy (non-hydrogen) atoms. The number of sulfone groups is 1. The first-order valence-corrected chi connectivity index (χ1v) is 10.0. The Morgan fingerprint density at radius 2 is 1.77 bits per heavy atom. The molecule has 3 rings (SSSR count). The normalized spacial score (nSPS) is 20.8. The largest absolute Gasteiger partial charge is 0.369 e. The van der Waals surface area contributed by atoms with E-state index in [2.05, 4.69) is 4.99 Å². The number of hydrogen-bond acceptors (Lipinski definition) is 5. The highest BCUT2D eigenvalue weighted by molar-refractivity contribution is 7.90. The van der Waals surface area contributed by atoms with Gasteiger partial charge in [-0.05, 0) is 41.8 Å². The second-order valence-corrected chi connectivity index (χ2v) is 8.77. The van der Waals surface area contributed by atoms with Gasteiger partial charge in [-0.25, -0.2) is 13.4 Å². The first-order chi connectivity index (χ1) is 12.1. The highest BCUT2D eigenvalue weighted by Crippen LogP contribution is 2.35. The van der Waals surface area contributed by atoms with Crippen molar-refractivity contribution in [2.24, 2.45) is 10.7 Å². The van der Waals surface area contributed by atoms with Crippen LogP contribution in [0.1, 0.15) is 18.9 Å². The van der Waals surface area contributed by atoms with Crippen LogP contribution >= 0.6 is 0 Å². The summed E-state index contributed by atoms with van der Waals surface area (Å²) in [5, 5.41) is 0. The topological polar surface area (TPSA) is 92.8 Å². The predicted octanol–water partition coefficient (Wildman–Crippen LogP) is 2.15. The molecule has 0 spiro atoms. The minimum Gasteiger partial charge on any atom is -0.369 e. The number of amides is 1. The van der Waals surface area contributed by atoms with Crippen LogP contribution in [0.25, 0.3) is 11.1 Å². The van der Waals surface area contributed by atoms with E-state index in [4.69, 9.17) is 5.73 Å². The highest BCUT2D eigenvalue weighted by Gasteiger charge is 2.36. The Kier molecular flexibility index (Phi) is 4.36. The minimum absolute atomic E-state index is 0.0806. The van der Waals surface area contributed by atoms with Crippen molar-refractivity contribution < 1.29 is 13.2 Å². The smallest absolute Gasteiger partial charge is 0.231 e. The molecule has 0 aromatic heterocycles. The molecule has 2 aromatic carbocycles. The van der Waals surface area contributed by atoms with Gasteiger partial charge in [-0.1, -0.05) is 30.3 Å². The Bertz CT molecular complexity index is 997. The Morgan fingerprint density at radius 3 is 2.35 bits per heavy atom. The van der Waals surface area contributed by atoms with E-state index >= 15 is 0 Å². The Balaban J connectivity index is 2.00. The average Bonchev–Trinajstić information content (AvgIpc) is 2.59.